The summed E-state index contributed by atoms with van der Waals surface area (Å²) in [6, 6.07) is 13.1. The monoisotopic (exact) mass is 448 g/mol. The number of rotatable bonds is 10. The second-order valence-electron chi connectivity index (χ2n) is 7.58. The summed E-state index contributed by atoms with van der Waals surface area (Å²) in [6.07, 6.45) is 3.14. The molecule has 8 heteroatoms. The van der Waals surface area contributed by atoms with Crippen molar-refractivity contribution in [3.63, 3.8) is 0 Å². The van der Waals surface area contributed by atoms with Crippen molar-refractivity contribution in [2.24, 2.45) is 0 Å². The Morgan fingerprint density at radius 1 is 1.09 bits per heavy atom. The number of aromatic nitrogens is 2. The first-order valence-corrected chi connectivity index (χ1v) is 10.8. The van der Waals surface area contributed by atoms with E-state index in [0.717, 1.165) is 23.4 Å². The van der Waals surface area contributed by atoms with Crippen molar-refractivity contribution in [3.8, 4) is 11.3 Å². The Labute approximate surface area is 192 Å². The maximum atomic E-state index is 13.3. The van der Waals surface area contributed by atoms with Gasteiger partial charge in [-0.15, -0.1) is 0 Å². The van der Waals surface area contributed by atoms with Crippen LogP contribution >= 0.6 is 0 Å². The average Bonchev–Trinajstić information content (AvgIpc) is 3.15. The van der Waals surface area contributed by atoms with Crippen LogP contribution in [-0.4, -0.2) is 34.7 Å². The van der Waals surface area contributed by atoms with Gasteiger partial charge >= 0.3 is 5.97 Å². The molecule has 0 aliphatic rings. The summed E-state index contributed by atoms with van der Waals surface area (Å²) >= 11 is 0. The quantitative estimate of drug-likeness (QED) is 0.301. The molecule has 1 aromatic carbocycles. The summed E-state index contributed by atoms with van der Waals surface area (Å²) < 4.78 is 4.70. The molecule has 0 saturated carbocycles. The number of aromatic amines is 1. The number of para-hydroxylation sites is 1. The zero-order valence-electron chi connectivity index (χ0n) is 19.0. The van der Waals surface area contributed by atoms with Crippen molar-refractivity contribution in [1.29, 1.82) is 0 Å². The van der Waals surface area contributed by atoms with Gasteiger partial charge in [-0.3, -0.25) is 14.4 Å². The van der Waals surface area contributed by atoms with E-state index in [1.807, 2.05) is 43.3 Å². The molecule has 2 aromatic heterocycles. The Morgan fingerprint density at radius 2 is 1.85 bits per heavy atom. The van der Waals surface area contributed by atoms with Gasteiger partial charge in [-0.1, -0.05) is 31.5 Å². The standard InChI is InChI=1S/C25H28N4O4/c1-4-8-19-23(20(31)11-12-22(32)33-3)25(28-18-9-6-5-7-10-18)24(29-19)17-13-14-26-21(15-17)27-16(2)30/h5-7,9-10,13-15,28-29H,4,8,11-12H2,1-3H3,(H,26,27,30). The highest BCUT2D eigenvalue weighted by Gasteiger charge is 2.24. The van der Waals surface area contributed by atoms with Crippen LogP contribution in [0.1, 0.15) is 49.2 Å². The first-order chi connectivity index (χ1) is 15.9. The molecule has 0 atom stereocenters. The molecule has 0 saturated heterocycles. The Hall–Kier alpha value is -3.94. The topological polar surface area (TPSA) is 113 Å². The van der Waals surface area contributed by atoms with E-state index in [2.05, 4.69) is 20.6 Å². The van der Waals surface area contributed by atoms with Crippen LogP contribution in [0.4, 0.5) is 17.2 Å². The third-order valence-electron chi connectivity index (χ3n) is 5.04. The second-order valence-corrected chi connectivity index (χ2v) is 7.58. The number of Topliss-reactive ketones (excluding diaryl/α,β-unsaturated/α-hetero) is 1. The number of ketones is 1. The van der Waals surface area contributed by atoms with Crippen molar-refractivity contribution < 1.29 is 19.1 Å². The number of carbonyl (C=O) groups excluding carboxylic acids is 3. The highest BCUT2D eigenvalue weighted by molar-refractivity contribution is 6.07. The molecule has 0 aliphatic carbocycles. The van der Waals surface area contributed by atoms with Gasteiger partial charge in [0.25, 0.3) is 0 Å². The lowest BCUT2D eigenvalue weighted by Crippen LogP contribution is -2.09. The van der Waals surface area contributed by atoms with Crippen LogP contribution < -0.4 is 10.6 Å². The molecule has 2 heterocycles. The van der Waals surface area contributed by atoms with E-state index in [0.29, 0.717) is 29.2 Å². The molecule has 33 heavy (non-hydrogen) atoms. The van der Waals surface area contributed by atoms with Crippen LogP contribution in [0.15, 0.2) is 48.7 Å². The molecular formula is C25H28N4O4. The van der Waals surface area contributed by atoms with Gasteiger partial charge in [-0.25, -0.2) is 4.98 Å². The third kappa shape index (κ3) is 6.06. The van der Waals surface area contributed by atoms with Crippen molar-refractivity contribution in [2.45, 2.75) is 39.5 Å². The summed E-state index contributed by atoms with van der Waals surface area (Å²) in [4.78, 5) is 44.0. The molecule has 0 unspecified atom stereocenters. The number of methoxy groups -OCH3 is 1. The van der Waals surface area contributed by atoms with Gasteiger partial charge in [0.05, 0.1) is 30.5 Å². The number of esters is 1. The molecule has 3 N–H and O–H groups in total. The lowest BCUT2D eigenvalue weighted by Gasteiger charge is -2.12. The average molecular weight is 449 g/mol. The fourth-order valence-electron chi connectivity index (χ4n) is 3.58. The third-order valence-corrected chi connectivity index (χ3v) is 5.04. The van der Waals surface area contributed by atoms with E-state index in [1.54, 1.807) is 12.3 Å². The number of carbonyl (C=O) groups is 3. The predicted molar refractivity (Wildman–Crippen MR) is 128 cm³/mol. The van der Waals surface area contributed by atoms with Crippen LogP contribution in [0.2, 0.25) is 0 Å². The van der Waals surface area contributed by atoms with Crippen LogP contribution in [0.5, 0.6) is 0 Å². The first kappa shape index (κ1) is 23.7. The largest absolute Gasteiger partial charge is 0.469 e. The smallest absolute Gasteiger partial charge is 0.305 e. The van der Waals surface area contributed by atoms with Crippen LogP contribution in [0.25, 0.3) is 11.3 Å². The first-order valence-electron chi connectivity index (χ1n) is 10.8. The van der Waals surface area contributed by atoms with E-state index >= 15 is 0 Å². The molecule has 0 fully saturated rings. The second kappa shape index (κ2) is 11.1. The summed E-state index contributed by atoms with van der Waals surface area (Å²) in [6.45, 7) is 3.46. The van der Waals surface area contributed by atoms with Crippen molar-refractivity contribution >= 4 is 34.9 Å². The molecular weight excluding hydrogens is 420 g/mol. The zero-order chi connectivity index (χ0) is 23.8. The highest BCUT2D eigenvalue weighted by Crippen LogP contribution is 2.37. The van der Waals surface area contributed by atoms with E-state index < -0.39 is 5.97 Å². The molecule has 3 rings (SSSR count). The molecule has 0 bridgehead atoms. The Bertz CT molecular complexity index is 1140. The van der Waals surface area contributed by atoms with Gasteiger partial charge in [0.1, 0.15) is 5.82 Å². The number of hydrogen-bond acceptors (Lipinski definition) is 6. The molecule has 8 nitrogen and oxygen atoms in total. The van der Waals surface area contributed by atoms with E-state index in [1.165, 1.54) is 14.0 Å². The molecule has 0 spiro atoms. The fourth-order valence-corrected chi connectivity index (χ4v) is 3.58. The van der Waals surface area contributed by atoms with E-state index in [4.69, 9.17) is 4.74 Å². The number of pyridine rings is 1. The van der Waals surface area contributed by atoms with E-state index in [-0.39, 0.29) is 24.5 Å². The summed E-state index contributed by atoms with van der Waals surface area (Å²) in [5, 5.41) is 6.08. The van der Waals surface area contributed by atoms with Gasteiger partial charge in [0, 0.05) is 36.5 Å². The number of aryl methyl sites for hydroxylation is 1. The summed E-state index contributed by atoms with van der Waals surface area (Å²) in [5.74, 6) is -0.390. The summed E-state index contributed by atoms with van der Waals surface area (Å²) in [5.41, 5.74) is 4.23. The number of benzene rings is 1. The van der Waals surface area contributed by atoms with Gasteiger partial charge in [0.2, 0.25) is 5.91 Å². The Morgan fingerprint density at radius 3 is 2.52 bits per heavy atom. The van der Waals surface area contributed by atoms with Crippen LogP contribution in [0, 0.1) is 0 Å². The molecule has 0 radical (unpaired) electrons. The molecule has 3 aromatic rings. The van der Waals surface area contributed by atoms with Crippen LogP contribution in [0.3, 0.4) is 0 Å². The lowest BCUT2D eigenvalue weighted by atomic mass is 10.0. The minimum atomic E-state index is -0.428. The minimum absolute atomic E-state index is 0.00806. The maximum absolute atomic E-state index is 13.3. The number of H-pyrrole nitrogens is 1. The molecule has 172 valence electrons. The fraction of sp³-hybridized carbons (Fsp3) is 0.280. The minimum Gasteiger partial charge on any atom is -0.469 e. The Balaban J connectivity index is 2.12. The number of ether oxygens (including phenoxy) is 1. The van der Waals surface area contributed by atoms with E-state index in [9.17, 15) is 14.4 Å². The zero-order valence-corrected chi connectivity index (χ0v) is 19.0. The maximum Gasteiger partial charge on any atom is 0.305 e. The van der Waals surface area contributed by atoms with Gasteiger partial charge in [-0.05, 0) is 30.7 Å². The van der Waals surface area contributed by atoms with Gasteiger partial charge < -0.3 is 20.4 Å². The van der Waals surface area contributed by atoms with Crippen LogP contribution in [-0.2, 0) is 20.7 Å². The normalized spacial score (nSPS) is 10.5. The Kier molecular flexibility index (Phi) is 7.96. The SMILES string of the molecule is CCCc1[nH]c(-c2ccnc(NC(C)=O)c2)c(Nc2ccccc2)c1C(=O)CCC(=O)OC. The number of nitrogens with one attached hydrogen (secondary N) is 3. The number of amides is 1. The lowest BCUT2D eigenvalue weighted by molar-refractivity contribution is -0.140. The highest BCUT2D eigenvalue weighted by atomic mass is 16.5. The van der Waals surface area contributed by atoms with Crippen molar-refractivity contribution in [3.05, 3.63) is 59.9 Å². The molecule has 1 amide bonds. The predicted octanol–water partition coefficient (Wildman–Crippen LogP) is 4.87. The van der Waals surface area contributed by atoms with Gasteiger partial charge in [-0.2, -0.15) is 0 Å². The van der Waals surface area contributed by atoms with Crippen molar-refractivity contribution in [2.75, 3.05) is 17.7 Å². The molecule has 0 aliphatic heterocycles. The van der Waals surface area contributed by atoms with Crippen molar-refractivity contribution in [1.82, 2.24) is 9.97 Å². The van der Waals surface area contributed by atoms with Gasteiger partial charge in [0.15, 0.2) is 5.78 Å². The number of anilines is 3. The summed E-state index contributed by atoms with van der Waals surface area (Å²) in [7, 11) is 1.31. The number of nitrogens with zero attached hydrogens (tertiary/aromatic N) is 1. The number of hydrogen-bond donors (Lipinski definition) is 3.